The molecule has 2 heterocycles. The van der Waals surface area contributed by atoms with Crippen LogP contribution in [0.4, 0.5) is 0 Å². The van der Waals surface area contributed by atoms with Crippen molar-refractivity contribution in [2.24, 2.45) is 0 Å². The van der Waals surface area contributed by atoms with Crippen molar-refractivity contribution in [2.45, 2.75) is 45.7 Å². The van der Waals surface area contributed by atoms with Crippen LogP contribution in [0.5, 0.6) is 0 Å². The van der Waals surface area contributed by atoms with Crippen LogP contribution in [0, 0.1) is 13.8 Å². The number of carbonyl (C=O) groups excluding carboxylic acids is 1. The molecule has 3 aromatic rings. The zero-order valence-corrected chi connectivity index (χ0v) is 15.3. The largest absolute Gasteiger partial charge is 0.327 e. The molecule has 26 heavy (non-hydrogen) atoms. The van der Waals surface area contributed by atoms with E-state index in [2.05, 4.69) is 15.0 Å². The maximum Gasteiger partial charge on any atom is 0.254 e. The first-order valence-electron chi connectivity index (χ1n) is 9.03. The molecule has 1 unspecified atom stereocenters. The number of pyridine rings is 1. The Balaban J connectivity index is 1.70. The molecule has 0 bridgehead atoms. The van der Waals surface area contributed by atoms with Gasteiger partial charge in [-0.1, -0.05) is 6.07 Å². The van der Waals surface area contributed by atoms with E-state index in [9.17, 15) is 4.79 Å². The van der Waals surface area contributed by atoms with Gasteiger partial charge in [0.1, 0.15) is 0 Å². The summed E-state index contributed by atoms with van der Waals surface area (Å²) in [7, 11) is 0. The van der Waals surface area contributed by atoms with Gasteiger partial charge in [-0.15, -0.1) is 0 Å². The van der Waals surface area contributed by atoms with Crippen molar-refractivity contribution in [2.75, 3.05) is 0 Å². The van der Waals surface area contributed by atoms with E-state index in [0.717, 1.165) is 41.0 Å². The number of nitrogens with zero attached hydrogens (tertiary/aromatic N) is 4. The van der Waals surface area contributed by atoms with E-state index < -0.39 is 0 Å². The lowest BCUT2D eigenvalue weighted by molar-refractivity contribution is 0.0670. The van der Waals surface area contributed by atoms with E-state index in [0.29, 0.717) is 11.6 Å². The number of fused-ring (bicyclic) bond motifs is 1. The first-order chi connectivity index (χ1) is 12.5. The summed E-state index contributed by atoms with van der Waals surface area (Å²) in [6.45, 7) is 5.94. The molecule has 1 aliphatic rings. The summed E-state index contributed by atoms with van der Waals surface area (Å²) in [5, 5.41) is 0. The van der Waals surface area contributed by atoms with Crippen LogP contribution in [-0.2, 0) is 0 Å². The SMILES string of the molecule is Cc1nc2ccc(C(=O)N(C3CC3)C(C)c3ccccn3)cc2nc1C. The Hall–Kier alpha value is -2.82. The van der Waals surface area contributed by atoms with E-state index in [4.69, 9.17) is 0 Å². The van der Waals surface area contributed by atoms with E-state index in [1.54, 1.807) is 6.20 Å². The van der Waals surface area contributed by atoms with Crippen molar-refractivity contribution in [1.29, 1.82) is 0 Å². The molecule has 2 aromatic heterocycles. The minimum absolute atomic E-state index is 0.0348. The third-order valence-electron chi connectivity index (χ3n) is 5.03. The topological polar surface area (TPSA) is 59.0 Å². The number of benzene rings is 1. The molecule has 0 saturated heterocycles. The lowest BCUT2D eigenvalue weighted by Crippen LogP contribution is -2.36. The summed E-state index contributed by atoms with van der Waals surface area (Å²) in [5.41, 5.74) is 4.97. The fourth-order valence-electron chi connectivity index (χ4n) is 3.29. The summed E-state index contributed by atoms with van der Waals surface area (Å²) < 4.78 is 0. The predicted molar refractivity (Wildman–Crippen MR) is 101 cm³/mol. The Morgan fingerprint density at radius 2 is 1.81 bits per heavy atom. The summed E-state index contributed by atoms with van der Waals surface area (Å²) in [4.78, 5) is 28.8. The van der Waals surface area contributed by atoms with Crippen molar-refractivity contribution in [3.63, 3.8) is 0 Å². The number of rotatable bonds is 4. The van der Waals surface area contributed by atoms with Crippen LogP contribution in [0.2, 0.25) is 0 Å². The van der Waals surface area contributed by atoms with Crippen molar-refractivity contribution < 1.29 is 4.79 Å². The fraction of sp³-hybridized carbons (Fsp3) is 0.333. The van der Waals surface area contributed by atoms with Gasteiger partial charge in [0.05, 0.1) is 34.2 Å². The van der Waals surface area contributed by atoms with Gasteiger partial charge < -0.3 is 4.90 Å². The number of hydrogen-bond donors (Lipinski definition) is 0. The van der Waals surface area contributed by atoms with Crippen molar-refractivity contribution in [1.82, 2.24) is 19.9 Å². The second-order valence-electron chi connectivity index (χ2n) is 6.97. The molecule has 5 nitrogen and oxygen atoms in total. The normalized spacial score (nSPS) is 15.0. The molecule has 5 heteroatoms. The number of aryl methyl sites for hydroxylation is 2. The van der Waals surface area contributed by atoms with Gasteiger partial charge in [0, 0.05) is 17.8 Å². The molecule has 1 saturated carbocycles. The average Bonchev–Trinajstić information content (AvgIpc) is 3.48. The highest BCUT2D eigenvalue weighted by atomic mass is 16.2. The molecule has 1 amide bonds. The Morgan fingerprint density at radius 1 is 1.08 bits per heavy atom. The van der Waals surface area contributed by atoms with Gasteiger partial charge in [0.25, 0.3) is 5.91 Å². The lowest BCUT2D eigenvalue weighted by atomic mass is 10.1. The quantitative estimate of drug-likeness (QED) is 0.716. The molecular weight excluding hydrogens is 324 g/mol. The monoisotopic (exact) mass is 346 g/mol. The van der Waals surface area contributed by atoms with Gasteiger partial charge in [-0.3, -0.25) is 9.78 Å². The highest BCUT2D eigenvalue weighted by Gasteiger charge is 2.37. The molecule has 0 spiro atoms. The minimum Gasteiger partial charge on any atom is -0.327 e. The molecule has 1 fully saturated rings. The first-order valence-corrected chi connectivity index (χ1v) is 9.03. The number of amides is 1. The van der Waals surface area contributed by atoms with Gasteiger partial charge in [-0.05, 0) is 63.9 Å². The lowest BCUT2D eigenvalue weighted by Gasteiger charge is -2.29. The summed E-state index contributed by atoms with van der Waals surface area (Å²) >= 11 is 0. The third kappa shape index (κ3) is 3.05. The number of hydrogen-bond acceptors (Lipinski definition) is 4. The molecule has 0 aliphatic heterocycles. The molecule has 0 radical (unpaired) electrons. The Bertz CT molecular complexity index is 966. The number of carbonyl (C=O) groups is 1. The summed E-state index contributed by atoms with van der Waals surface area (Å²) in [5.74, 6) is 0.0348. The standard InChI is InChI=1S/C21H22N4O/c1-13-14(2)24-20-12-16(7-10-19(20)23-13)21(26)25(17-8-9-17)15(3)18-6-4-5-11-22-18/h4-7,10-12,15,17H,8-9H2,1-3H3. The average molecular weight is 346 g/mol. The highest BCUT2D eigenvalue weighted by molar-refractivity contribution is 5.97. The second kappa shape index (κ2) is 6.48. The summed E-state index contributed by atoms with van der Waals surface area (Å²) in [6, 6.07) is 11.7. The van der Waals surface area contributed by atoms with Crippen LogP contribution in [-0.4, -0.2) is 31.8 Å². The summed E-state index contributed by atoms with van der Waals surface area (Å²) in [6.07, 6.45) is 3.88. The van der Waals surface area contributed by atoms with Crippen LogP contribution in [0.3, 0.4) is 0 Å². The smallest absolute Gasteiger partial charge is 0.254 e. The zero-order chi connectivity index (χ0) is 18.3. The van der Waals surface area contributed by atoms with Crippen LogP contribution >= 0.6 is 0 Å². The first kappa shape index (κ1) is 16.6. The molecule has 0 N–H and O–H groups in total. The molecule has 1 aliphatic carbocycles. The van der Waals surface area contributed by atoms with Gasteiger partial charge in [-0.2, -0.15) is 0 Å². The molecular formula is C21H22N4O. The van der Waals surface area contributed by atoms with Crippen LogP contribution in [0.25, 0.3) is 11.0 Å². The highest BCUT2D eigenvalue weighted by Crippen LogP contribution is 2.35. The molecule has 4 rings (SSSR count). The maximum atomic E-state index is 13.3. The molecule has 1 atom stereocenters. The second-order valence-corrected chi connectivity index (χ2v) is 6.97. The van der Waals surface area contributed by atoms with Crippen molar-refractivity contribution in [3.8, 4) is 0 Å². The van der Waals surface area contributed by atoms with Crippen molar-refractivity contribution in [3.05, 3.63) is 65.2 Å². The third-order valence-corrected chi connectivity index (χ3v) is 5.03. The Morgan fingerprint density at radius 3 is 2.46 bits per heavy atom. The fourth-order valence-corrected chi connectivity index (χ4v) is 3.29. The molecule has 132 valence electrons. The van der Waals surface area contributed by atoms with Gasteiger partial charge in [-0.25, -0.2) is 9.97 Å². The molecule has 1 aromatic carbocycles. The Kier molecular flexibility index (Phi) is 4.15. The van der Waals surface area contributed by atoms with Crippen LogP contribution < -0.4 is 0 Å². The van der Waals surface area contributed by atoms with Gasteiger partial charge in [0.2, 0.25) is 0 Å². The van der Waals surface area contributed by atoms with Gasteiger partial charge in [0.15, 0.2) is 0 Å². The maximum absolute atomic E-state index is 13.3. The van der Waals surface area contributed by atoms with E-state index >= 15 is 0 Å². The van der Waals surface area contributed by atoms with E-state index in [1.807, 2.05) is 62.1 Å². The number of aromatic nitrogens is 3. The Labute approximate surface area is 153 Å². The van der Waals surface area contributed by atoms with E-state index in [-0.39, 0.29) is 11.9 Å². The predicted octanol–water partition coefficient (Wildman–Crippen LogP) is 4.01. The van der Waals surface area contributed by atoms with Gasteiger partial charge >= 0.3 is 0 Å². The van der Waals surface area contributed by atoms with Crippen LogP contribution in [0.1, 0.15) is 53.2 Å². The van der Waals surface area contributed by atoms with Crippen LogP contribution in [0.15, 0.2) is 42.6 Å². The zero-order valence-electron chi connectivity index (χ0n) is 15.3. The van der Waals surface area contributed by atoms with Crippen molar-refractivity contribution >= 4 is 16.9 Å². The minimum atomic E-state index is -0.0577. The van der Waals surface area contributed by atoms with E-state index in [1.165, 1.54) is 0 Å².